The SMILES string of the molecule is CC(C)(C)c1cccc(O)c1C1CCCCC1. The van der Waals surface area contributed by atoms with E-state index in [9.17, 15) is 5.11 Å². The molecule has 0 aliphatic heterocycles. The van der Waals surface area contributed by atoms with Gasteiger partial charge in [0.15, 0.2) is 0 Å². The van der Waals surface area contributed by atoms with Crippen molar-refractivity contribution in [2.45, 2.75) is 64.2 Å². The highest BCUT2D eigenvalue weighted by Gasteiger charge is 2.26. The molecule has 1 aromatic rings. The van der Waals surface area contributed by atoms with Crippen LogP contribution in [0, 0.1) is 0 Å². The van der Waals surface area contributed by atoms with E-state index < -0.39 is 0 Å². The molecular weight excluding hydrogens is 208 g/mol. The van der Waals surface area contributed by atoms with Crippen LogP contribution in [0.1, 0.15) is 69.9 Å². The first-order chi connectivity index (χ1) is 8.00. The van der Waals surface area contributed by atoms with E-state index >= 15 is 0 Å². The number of aromatic hydroxyl groups is 1. The Kier molecular flexibility index (Phi) is 3.46. The Hall–Kier alpha value is -0.980. The predicted octanol–water partition coefficient (Wildman–Crippen LogP) is 4.74. The lowest BCUT2D eigenvalue weighted by atomic mass is 9.75. The van der Waals surface area contributed by atoms with Crippen LogP contribution in [0.3, 0.4) is 0 Å². The van der Waals surface area contributed by atoms with Gasteiger partial charge in [0.1, 0.15) is 5.75 Å². The second kappa shape index (κ2) is 4.72. The van der Waals surface area contributed by atoms with E-state index in [0.29, 0.717) is 11.7 Å². The van der Waals surface area contributed by atoms with Gasteiger partial charge in [-0.3, -0.25) is 0 Å². The molecule has 1 saturated carbocycles. The summed E-state index contributed by atoms with van der Waals surface area (Å²) in [5.41, 5.74) is 2.66. The molecule has 1 fully saturated rings. The van der Waals surface area contributed by atoms with Crippen LogP contribution >= 0.6 is 0 Å². The summed E-state index contributed by atoms with van der Waals surface area (Å²) in [6.07, 6.45) is 6.45. The monoisotopic (exact) mass is 232 g/mol. The molecule has 0 aromatic heterocycles. The molecule has 0 radical (unpaired) electrons. The number of hydrogen-bond acceptors (Lipinski definition) is 1. The summed E-state index contributed by atoms with van der Waals surface area (Å²) in [5, 5.41) is 10.2. The lowest BCUT2D eigenvalue weighted by Gasteiger charge is -2.30. The van der Waals surface area contributed by atoms with Gasteiger partial charge in [-0.05, 0) is 35.8 Å². The molecule has 0 bridgehead atoms. The fraction of sp³-hybridized carbons (Fsp3) is 0.625. The standard InChI is InChI=1S/C16H24O/c1-16(2,3)13-10-7-11-14(17)15(13)12-8-5-4-6-9-12/h7,10-12,17H,4-6,8-9H2,1-3H3. The first-order valence-corrected chi connectivity index (χ1v) is 6.82. The van der Waals surface area contributed by atoms with Crippen LogP contribution < -0.4 is 0 Å². The summed E-state index contributed by atoms with van der Waals surface area (Å²) in [4.78, 5) is 0. The van der Waals surface area contributed by atoms with E-state index in [-0.39, 0.29) is 5.41 Å². The second-order valence-electron chi connectivity index (χ2n) is 6.32. The second-order valence-corrected chi connectivity index (χ2v) is 6.32. The van der Waals surface area contributed by atoms with Gasteiger partial charge in [-0.15, -0.1) is 0 Å². The van der Waals surface area contributed by atoms with E-state index in [2.05, 4.69) is 26.8 Å². The molecule has 1 N–H and O–H groups in total. The van der Waals surface area contributed by atoms with E-state index in [1.807, 2.05) is 12.1 Å². The fourth-order valence-electron chi connectivity index (χ4n) is 3.03. The van der Waals surface area contributed by atoms with Crippen molar-refractivity contribution >= 4 is 0 Å². The normalized spacial score (nSPS) is 18.3. The third kappa shape index (κ3) is 2.65. The Morgan fingerprint density at radius 2 is 1.71 bits per heavy atom. The zero-order chi connectivity index (χ0) is 12.5. The van der Waals surface area contributed by atoms with E-state index in [1.54, 1.807) is 0 Å². The fourth-order valence-corrected chi connectivity index (χ4v) is 3.03. The maximum absolute atomic E-state index is 10.2. The van der Waals surface area contributed by atoms with Gasteiger partial charge in [-0.1, -0.05) is 52.2 Å². The summed E-state index contributed by atoms with van der Waals surface area (Å²) in [6, 6.07) is 6.01. The van der Waals surface area contributed by atoms with Crippen molar-refractivity contribution in [3.8, 4) is 5.75 Å². The zero-order valence-electron chi connectivity index (χ0n) is 11.3. The van der Waals surface area contributed by atoms with Gasteiger partial charge in [-0.25, -0.2) is 0 Å². The van der Waals surface area contributed by atoms with Crippen molar-refractivity contribution < 1.29 is 5.11 Å². The van der Waals surface area contributed by atoms with Gasteiger partial charge in [0, 0.05) is 5.56 Å². The van der Waals surface area contributed by atoms with Gasteiger partial charge in [-0.2, -0.15) is 0 Å². The minimum absolute atomic E-state index is 0.117. The molecule has 0 spiro atoms. The Morgan fingerprint density at radius 1 is 1.06 bits per heavy atom. The highest BCUT2D eigenvalue weighted by molar-refractivity contribution is 5.45. The minimum Gasteiger partial charge on any atom is -0.508 e. The summed E-state index contributed by atoms with van der Waals surface area (Å²) in [6.45, 7) is 6.69. The predicted molar refractivity (Wildman–Crippen MR) is 72.6 cm³/mol. The Labute approximate surface area is 105 Å². The van der Waals surface area contributed by atoms with Crippen molar-refractivity contribution in [3.05, 3.63) is 29.3 Å². The number of phenols is 1. The molecule has 1 nitrogen and oxygen atoms in total. The molecule has 0 unspecified atom stereocenters. The maximum Gasteiger partial charge on any atom is 0.119 e. The molecule has 0 heterocycles. The number of rotatable bonds is 1. The van der Waals surface area contributed by atoms with Gasteiger partial charge in [0.25, 0.3) is 0 Å². The smallest absolute Gasteiger partial charge is 0.119 e. The van der Waals surface area contributed by atoms with Crippen molar-refractivity contribution in [1.82, 2.24) is 0 Å². The highest BCUT2D eigenvalue weighted by Crippen LogP contribution is 2.42. The Bertz CT molecular complexity index is 381. The lowest BCUT2D eigenvalue weighted by Crippen LogP contribution is -2.17. The zero-order valence-corrected chi connectivity index (χ0v) is 11.3. The molecule has 1 aliphatic carbocycles. The first-order valence-electron chi connectivity index (χ1n) is 6.82. The molecule has 2 rings (SSSR count). The first kappa shape index (κ1) is 12.5. The van der Waals surface area contributed by atoms with Crippen molar-refractivity contribution in [2.24, 2.45) is 0 Å². The third-order valence-electron chi connectivity index (χ3n) is 3.90. The molecule has 94 valence electrons. The van der Waals surface area contributed by atoms with Crippen LogP contribution in [0.5, 0.6) is 5.75 Å². The molecule has 1 aliphatic rings. The minimum atomic E-state index is 0.117. The summed E-state index contributed by atoms with van der Waals surface area (Å²) < 4.78 is 0. The lowest BCUT2D eigenvalue weighted by molar-refractivity contribution is 0.405. The highest BCUT2D eigenvalue weighted by atomic mass is 16.3. The van der Waals surface area contributed by atoms with Gasteiger partial charge in [0.2, 0.25) is 0 Å². The molecule has 1 aromatic carbocycles. The topological polar surface area (TPSA) is 20.2 Å². The molecule has 17 heavy (non-hydrogen) atoms. The number of phenolic OH excluding ortho intramolecular Hbond substituents is 1. The summed E-state index contributed by atoms with van der Waals surface area (Å²) in [5.74, 6) is 1.07. The largest absolute Gasteiger partial charge is 0.508 e. The number of benzene rings is 1. The third-order valence-corrected chi connectivity index (χ3v) is 3.90. The molecular formula is C16H24O. The molecule has 1 heteroatoms. The van der Waals surface area contributed by atoms with Crippen molar-refractivity contribution in [3.63, 3.8) is 0 Å². The van der Waals surface area contributed by atoms with Crippen LogP contribution in [-0.4, -0.2) is 5.11 Å². The van der Waals surface area contributed by atoms with Crippen LogP contribution in [-0.2, 0) is 5.41 Å². The molecule has 0 amide bonds. The summed E-state index contributed by atoms with van der Waals surface area (Å²) >= 11 is 0. The van der Waals surface area contributed by atoms with Crippen LogP contribution in [0.2, 0.25) is 0 Å². The van der Waals surface area contributed by atoms with E-state index in [1.165, 1.54) is 43.2 Å². The van der Waals surface area contributed by atoms with Crippen molar-refractivity contribution in [2.75, 3.05) is 0 Å². The quantitative estimate of drug-likeness (QED) is 0.741. The van der Waals surface area contributed by atoms with Crippen molar-refractivity contribution in [1.29, 1.82) is 0 Å². The van der Waals surface area contributed by atoms with Gasteiger partial charge in [0.05, 0.1) is 0 Å². The Morgan fingerprint density at radius 3 is 2.29 bits per heavy atom. The van der Waals surface area contributed by atoms with Crippen LogP contribution in [0.15, 0.2) is 18.2 Å². The van der Waals surface area contributed by atoms with Gasteiger partial charge >= 0.3 is 0 Å². The van der Waals surface area contributed by atoms with E-state index in [0.717, 1.165) is 0 Å². The average molecular weight is 232 g/mol. The average Bonchev–Trinajstić information content (AvgIpc) is 2.28. The van der Waals surface area contributed by atoms with Gasteiger partial charge < -0.3 is 5.11 Å². The molecule has 0 saturated heterocycles. The summed E-state index contributed by atoms with van der Waals surface area (Å²) in [7, 11) is 0. The number of hydrogen-bond donors (Lipinski definition) is 1. The van der Waals surface area contributed by atoms with Crippen LogP contribution in [0.25, 0.3) is 0 Å². The Balaban J connectivity index is 2.43. The van der Waals surface area contributed by atoms with Crippen LogP contribution in [0.4, 0.5) is 0 Å². The maximum atomic E-state index is 10.2. The molecule has 0 atom stereocenters. The van der Waals surface area contributed by atoms with E-state index in [4.69, 9.17) is 0 Å².